The maximum atomic E-state index is 5.59. The lowest BCUT2D eigenvalue weighted by Crippen LogP contribution is -2.28. The van der Waals surface area contributed by atoms with Crippen molar-refractivity contribution in [2.45, 2.75) is 45.2 Å². The van der Waals surface area contributed by atoms with Crippen molar-refractivity contribution in [1.29, 1.82) is 0 Å². The Hall–Kier alpha value is -2.21. The average molecular weight is 360 g/mol. The maximum Gasteiger partial charge on any atom is 0.203 e. The number of benzene rings is 1. The molecule has 0 saturated carbocycles. The van der Waals surface area contributed by atoms with Crippen LogP contribution in [0.5, 0.6) is 17.2 Å². The number of aromatic nitrogens is 1. The first-order valence-electron chi connectivity index (χ1n) is 9.12. The van der Waals surface area contributed by atoms with Gasteiger partial charge in [-0.1, -0.05) is 18.0 Å². The fourth-order valence-electron chi connectivity index (χ4n) is 3.68. The van der Waals surface area contributed by atoms with Crippen molar-refractivity contribution in [2.75, 3.05) is 27.9 Å². The minimum atomic E-state index is 0.248. The Bertz CT molecular complexity index is 703. The fourth-order valence-corrected chi connectivity index (χ4v) is 3.68. The molecule has 0 radical (unpaired) electrons. The topological polar surface area (TPSA) is 57.0 Å². The van der Waals surface area contributed by atoms with Gasteiger partial charge in [0.25, 0.3) is 0 Å². The van der Waals surface area contributed by atoms with Crippen LogP contribution < -0.4 is 14.2 Å². The minimum Gasteiger partial charge on any atom is -0.493 e. The molecule has 0 spiro atoms. The number of hydrogen-bond acceptors (Lipinski definition) is 6. The van der Waals surface area contributed by atoms with E-state index in [4.69, 9.17) is 18.7 Å². The molecule has 1 atom stereocenters. The molecule has 1 aliphatic heterocycles. The van der Waals surface area contributed by atoms with Gasteiger partial charge in [-0.3, -0.25) is 4.90 Å². The Morgan fingerprint density at radius 2 is 1.77 bits per heavy atom. The van der Waals surface area contributed by atoms with Crippen molar-refractivity contribution < 1.29 is 18.7 Å². The van der Waals surface area contributed by atoms with Gasteiger partial charge in [-0.25, -0.2) is 0 Å². The fraction of sp³-hybridized carbons (Fsp3) is 0.550. The van der Waals surface area contributed by atoms with Gasteiger partial charge in [-0.05, 0) is 44.0 Å². The zero-order valence-electron chi connectivity index (χ0n) is 16.1. The van der Waals surface area contributed by atoms with E-state index in [1.165, 1.54) is 19.3 Å². The molecule has 6 nitrogen and oxygen atoms in total. The minimum absolute atomic E-state index is 0.248. The summed E-state index contributed by atoms with van der Waals surface area (Å²) in [5.74, 6) is 2.95. The van der Waals surface area contributed by atoms with E-state index in [9.17, 15) is 0 Å². The zero-order valence-corrected chi connectivity index (χ0v) is 16.1. The highest BCUT2D eigenvalue weighted by molar-refractivity contribution is 5.53. The van der Waals surface area contributed by atoms with Gasteiger partial charge in [-0.15, -0.1) is 0 Å². The molecule has 1 fully saturated rings. The first-order chi connectivity index (χ1) is 12.7. The SMILES string of the molecule is COc1cc(CN2CCCCC[C@H]2c2cc(C)no2)cc(OC)c1OC. The van der Waals surface area contributed by atoms with Crippen LogP contribution in [0.1, 0.15) is 48.7 Å². The average Bonchev–Trinajstić information content (AvgIpc) is 2.95. The monoisotopic (exact) mass is 360 g/mol. The van der Waals surface area contributed by atoms with Crippen molar-refractivity contribution in [3.8, 4) is 17.2 Å². The maximum absolute atomic E-state index is 5.59. The molecule has 6 heteroatoms. The summed E-state index contributed by atoms with van der Waals surface area (Å²) in [6.45, 7) is 3.79. The first kappa shape index (κ1) is 18.6. The predicted molar refractivity (Wildman–Crippen MR) is 99.0 cm³/mol. The van der Waals surface area contributed by atoms with Crippen molar-refractivity contribution in [2.24, 2.45) is 0 Å². The molecule has 2 heterocycles. The quantitative estimate of drug-likeness (QED) is 0.772. The normalized spacial score (nSPS) is 18.4. The van der Waals surface area contributed by atoms with Gasteiger partial charge in [0.05, 0.1) is 33.1 Å². The van der Waals surface area contributed by atoms with Crippen molar-refractivity contribution in [3.05, 3.63) is 35.2 Å². The second-order valence-electron chi connectivity index (χ2n) is 6.74. The molecular formula is C20H28N2O4. The van der Waals surface area contributed by atoms with E-state index >= 15 is 0 Å². The van der Waals surface area contributed by atoms with Gasteiger partial charge < -0.3 is 18.7 Å². The molecule has 26 heavy (non-hydrogen) atoms. The molecule has 0 amide bonds. The zero-order chi connectivity index (χ0) is 18.5. The lowest BCUT2D eigenvalue weighted by molar-refractivity contribution is 0.159. The van der Waals surface area contributed by atoms with E-state index in [0.717, 1.165) is 36.5 Å². The summed E-state index contributed by atoms with van der Waals surface area (Å²) < 4.78 is 22.0. The summed E-state index contributed by atoms with van der Waals surface area (Å²) in [6, 6.07) is 6.35. The van der Waals surface area contributed by atoms with Gasteiger partial charge >= 0.3 is 0 Å². The van der Waals surface area contributed by atoms with Crippen LogP contribution in [0, 0.1) is 6.92 Å². The van der Waals surface area contributed by atoms with Crippen LogP contribution in [0.15, 0.2) is 22.7 Å². The lowest BCUT2D eigenvalue weighted by Gasteiger charge is -2.28. The van der Waals surface area contributed by atoms with Gasteiger partial charge in [0, 0.05) is 12.6 Å². The van der Waals surface area contributed by atoms with Crippen LogP contribution in [0.2, 0.25) is 0 Å². The highest BCUT2D eigenvalue weighted by atomic mass is 16.5. The molecule has 2 aromatic rings. The van der Waals surface area contributed by atoms with Gasteiger partial charge in [0.15, 0.2) is 17.3 Å². The Labute approximate surface area is 155 Å². The molecule has 142 valence electrons. The van der Waals surface area contributed by atoms with E-state index in [1.54, 1.807) is 21.3 Å². The highest BCUT2D eigenvalue weighted by Gasteiger charge is 2.26. The van der Waals surface area contributed by atoms with E-state index in [2.05, 4.69) is 16.1 Å². The third-order valence-corrected chi connectivity index (χ3v) is 4.95. The number of hydrogen-bond donors (Lipinski definition) is 0. The van der Waals surface area contributed by atoms with Crippen LogP contribution in [-0.2, 0) is 6.54 Å². The summed E-state index contributed by atoms with van der Waals surface area (Å²) in [5.41, 5.74) is 2.06. The number of likely N-dealkylation sites (tertiary alicyclic amines) is 1. The van der Waals surface area contributed by atoms with Crippen molar-refractivity contribution >= 4 is 0 Å². The third-order valence-electron chi connectivity index (χ3n) is 4.95. The van der Waals surface area contributed by atoms with Crippen LogP contribution in [0.25, 0.3) is 0 Å². The molecular weight excluding hydrogens is 332 g/mol. The van der Waals surface area contributed by atoms with Gasteiger partial charge in [0.2, 0.25) is 5.75 Å². The summed E-state index contributed by atoms with van der Waals surface area (Å²) in [4.78, 5) is 2.47. The highest BCUT2D eigenvalue weighted by Crippen LogP contribution is 2.39. The standard InChI is InChI=1S/C20H28N2O4/c1-14-10-17(26-21-14)16-8-6-5-7-9-22(16)13-15-11-18(23-2)20(25-4)19(12-15)24-3/h10-12,16H,5-9,13H2,1-4H3/t16-/m0/s1. The molecule has 1 saturated heterocycles. The summed E-state index contributed by atoms with van der Waals surface area (Å²) >= 11 is 0. The van der Waals surface area contributed by atoms with Crippen LogP contribution >= 0.6 is 0 Å². The van der Waals surface area contributed by atoms with Gasteiger partial charge in [0.1, 0.15) is 0 Å². The second kappa shape index (κ2) is 8.45. The first-order valence-corrected chi connectivity index (χ1v) is 9.12. The molecule has 0 N–H and O–H groups in total. The number of nitrogens with zero attached hydrogens (tertiary/aromatic N) is 2. The van der Waals surface area contributed by atoms with E-state index in [1.807, 2.05) is 19.1 Å². The predicted octanol–water partition coefficient (Wildman–Crippen LogP) is 4.13. The molecule has 3 rings (SSSR count). The second-order valence-corrected chi connectivity index (χ2v) is 6.74. The third kappa shape index (κ3) is 3.96. The van der Waals surface area contributed by atoms with E-state index in [0.29, 0.717) is 17.2 Å². The lowest BCUT2D eigenvalue weighted by atomic mass is 10.1. The molecule has 1 aromatic heterocycles. The smallest absolute Gasteiger partial charge is 0.203 e. The van der Waals surface area contributed by atoms with Crippen molar-refractivity contribution in [1.82, 2.24) is 10.1 Å². The van der Waals surface area contributed by atoms with E-state index in [-0.39, 0.29) is 6.04 Å². The van der Waals surface area contributed by atoms with Crippen LogP contribution in [0.4, 0.5) is 0 Å². The molecule has 0 bridgehead atoms. The van der Waals surface area contributed by atoms with E-state index < -0.39 is 0 Å². The van der Waals surface area contributed by atoms with Crippen molar-refractivity contribution in [3.63, 3.8) is 0 Å². The van der Waals surface area contributed by atoms with Crippen LogP contribution in [-0.4, -0.2) is 37.9 Å². The van der Waals surface area contributed by atoms with Crippen LogP contribution in [0.3, 0.4) is 0 Å². The number of aryl methyl sites for hydroxylation is 1. The Balaban J connectivity index is 1.89. The number of ether oxygens (including phenoxy) is 3. The summed E-state index contributed by atoms with van der Waals surface area (Å²) in [7, 11) is 4.91. The largest absolute Gasteiger partial charge is 0.493 e. The Morgan fingerprint density at radius 3 is 2.35 bits per heavy atom. The summed E-state index contributed by atoms with van der Waals surface area (Å²) in [6.07, 6.45) is 4.72. The molecule has 1 aliphatic rings. The molecule has 0 aliphatic carbocycles. The molecule has 0 unspecified atom stereocenters. The molecule has 1 aromatic carbocycles. The Morgan fingerprint density at radius 1 is 1.04 bits per heavy atom. The number of rotatable bonds is 6. The number of methoxy groups -OCH3 is 3. The summed E-state index contributed by atoms with van der Waals surface area (Å²) in [5, 5.41) is 4.08. The Kier molecular flexibility index (Phi) is 6.04. The van der Waals surface area contributed by atoms with Gasteiger partial charge in [-0.2, -0.15) is 0 Å².